The van der Waals surface area contributed by atoms with Crippen LogP contribution in [0.25, 0.3) is 10.9 Å². The van der Waals surface area contributed by atoms with Gasteiger partial charge >= 0.3 is 6.09 Å². The normalized spacial score (nSPS) is 24.2. The largest absolute Gasteiger partial charge is 0.452 e. The molecule has 3 aliphatic rings. The van der Waals surface area contributed by atoms with Crippen LogP contribution in [-0.2, 0) is 4.74 Å². The smallest absolute Gasteiger partial charge is 0.410 e. The molecule has 1 saturated heterocycles. The molecule has 9 heteroatoms. The van der Waals surface area contributed by atoms with Gasteiger partial charge in [-0.2, -0.15) is 5.10 Å². The summed E-state index contributed by atoms with van der Waals surface area (Å²) in [5.74, 6) is 1.49. The van der Waals surface area contributed by atoms with Gasteiger partial charge in [-0.15, -0.1) is 0 Å². The Morgan fingerprint density at radius 1 is 1.06 bits per heavy atom. The van der Waals surface area contributed by atoms with Crippen molar-refractivity contribution in [1.82, 2.24) is 19.6 Å². The standard InChI is InChI=1S/C23H31BrN4O4/c1-23(2,3)32-22(29)27-10-8-26(9-11-27)16-4-6-17(7-5-16)28-13-15-12-18(24)20-21(19(15)25-28)31-14-30-20/h12-13,16-17H,4-11,14H2,1-3H3. The number of hydrogen-bond donors (Lipinski definition) is 0. The maximum atomic E-state index is 12.3. The molecule has 3 heterocycles. The molecule has 32 heavy (non-hydrogen) atoms. The highest BCUT2D eigenvalue weighted by Crippen LogP contribution is 2.45. The van der Waals surface area contributed by atoms with Crippen molar-refractivity contribution in [1.29, 1.82) is 0 Å². The molecule has 1 saturated carbocycles. The Kier molecular flexibility index (Phi) is 5.73. The molecule has 0 spiro atoms. The fraction of sp³-hybridized carbons (Fsp3) is 0.652. The molecular weight excluding hydrogens is 476 g/mol. The number of hydrogen-bond acceptors (Lipinski definition) is 6. The predicted molar refractivity (Wildman–Crippen MR) is 124 cm³/mol. The minimum atomic E-state index is -0.445. The summed E-state index contributed by atoms with van der Waals surface area (Å²) in [5.41, 5.74) is 0.431. The highest BCUT2D eigenvalue weighted by molar-refractivity contribution is 9.10. The number of aromatic nitrogens is 2. The molecule has 8 nitrogen and oxygen atoms in total. The topological polar surface area (TPSA) is 69.1 Å². The average molecular weight is 507 g/mol. The maximum Gasteiger partial charge on any atom is 0.410 e. The summed E-state index contributed by atoms with van der Waals surface area (Å²) in [4.78, 5) is 16.7. The molecule has 0 N–H and O–H groups in total. The fourth-order valence-corrected chi connectivity index (χ4v) is 5.53. The number of halogens is 1. The molecule has 2 fully saturated rings. The van der Waals surface area contributed by atoms with E-state index in [4.69, 9.17) is 19.3 Å². The van der Waals surface area contributed by atoms with E-state index in [0.717, 1.165) is 78.7 Å². The number of piperazine rings is 1. The van der Waals surface area contributed by atoms with Crippen LogP contribution < -0.4 is 9.47 Å². The van der Waals surface area contributed by atoms with E-state index in [9.17, 15) is 4.79 Å². The molecule has 2 aliphatic heterocycles. The zero-order chi connectivity index (χ0) is 22.5. The molecule has 0 unspecified atom stereocenters. The third-order valence-electron chi connectivity index (χ3n) is 6.61. The molecule has 5 rings (SSSR count). The van der Waals surface area contributed by atoms with Crippen molar-refractivity contribution in [3.8, 4) is 11.5 Å². The van der Waals surface area contributed by atoms with Gasteiger partial charge < -0.3 is 19.1 Å². The van der Waals surface area contributed by atoms with Crippen LogP contribution in [0.4, 0.5) is 4.79 Å². The number of ether oxygens (including phenoxy) is 3. The Balaban J connectivity index is 1.17. The van der Waals surface area contributed by atoms with E-state index in [1.807, 2.05) is 25.7 Å². The average Bonchev–Trinajstić information content (AvgIpc) is 3.40. The number of carbonyl (C=O) groups excluding carboxylic acids is 1. The van der Waals surface area contributed by atoms with E-state index in [1.165, 1.54) is 0 Å². The third-order valence-corrected chi connectivity index (χ3v) is 7.20. The molecule has 1 aromatic heterocycles. The minimum Gasteiger partial charge on any atom is -0.452 e. The number of amides is 1. The van der Waals surface area contributed by atoms with E-state index in [0.29, 0.717) is 12.1 Å². The van der Waals surface area contributed by atoms with Crippen molar-refractivity contribution >= 4 is 32.9 Å². The second kappa shape index (κ2) is 8.41. The van der Waals surface area contributed by atoms with Gasteiger partial charge in [-0.3, -0.25) is 9.58 Å². The molecule has 0 radical (unpaired) electrons. The van der Waals surface area contributed by atoms with Gasteiger partial charge in [0.05, 0.1) is 10.5 Å². The molecule has 1 aliphatic carbocycles. The van der Waals surface area contributed by atoms with Crippen LogP contribution in [0.2, 0.25) is 0 Å². The molecule has 1 amide bonds. The van der Waals surface area contributed by atoms with Gasteiger partial charge in [-0.1, -0.05) is 0 Å². The van der Waals surface area contributed by atoms with Crippen LogP contribution in [-0.4, -0.2) is 70.3 Å². The zero-order valence-electron chi connectivity index (χ0n) is 19.0. The lowest BCUT2D eigenvalue weighted by Crippen LogP contribution is -2.53. The number of rotatable bonds is 2. The number of benzene rings is 1. The van der Waals surface area contributed by atoms with Crippen molar-refractivity contribution < 1.29 is 19.0 Å². The Labute approximate surface area is 196 Å². The molecule has 0 atom stereocenters. The van der Waals surface area contributed by atoms with E-state index in [-0.39, 0.29) is 12.9 Å². The highest BCUT2D eigenvalue weighted by atomic mass is 79.9. The van der Waals surface area contributed by atoms with Crippen molar-refractivity contribution in [2.45, 2.75) is 64.1 Å². The third kappa shape index (κ3) is 4.29. The summed E-state index contributed by atoms with van der Waals surface area (Å²) in [6.07, 6.45) is 6.44. The number of nitrogens with zero attached hydrogens (tertiary/aromatic N) is 4. The summed E-state index contributed by atoms with van der Waals surface area (Å²) >= 11 is 3.57. The van der Waals surface area contributed by atoms with E-state index < -0.39 is 5.60 Å². The Morgan fingerprint density at radius 2 is 1.72 bits per heavy atom. The van der Waals surface area contributed by atoms with E-state index >= 15 is 0 Å². The first kappa shape index (κ1) is 21.8. The van der Waals surface area contributed by atoms with Crippen LogP contribution in [0, 0.1) is 0 Å². The number of fused-ring (bicyclic) bond motifs is 3. The lowest BCUT2D eigenvalue weighted by Gasteiger charge is -2.42. The monoisotopic (exact) mass is 506 g/mol. The zero-order valence-corrected chi connectivity index (χ0v) is 20.6. The predicted octanol–water partition coefficient (Wildman–Crippen LogP) is 4.56. The van der Waals surface area contributed by atoms with Gasteiger partial charge in [0.1, 0.15) is 11.1 Å². The first-order valence-electron chi connectivity index (χ1n) is 11.5. The van der Waals surface area contributed by atoms with Crippen LogP contribution in [0.1, 0.15) is 52.5 Å². The molecule has 174 valence electrons. The Morgan fingerprint density at radius 3 is 2.41 bits per heavy atom. The molecule has 0 bridgehead atoms. The van der Waals surface area contributed by atoms with Crippen LogP contribution >= 0.6 is 15.9 Å². The fourth-order valence-electron chi connectivity index (χ4n) is 4.99. The first-order chi connectivity index (χ1) is 15.3. The van der Waals surface area contributed by atoms with Gasteiger partial charge in [0.25, 0.3) is 0 Å². The van der Waals surface area contributed by atoms with Crippen LogP contribution in [0.3, 0.4) is 0 Å². The van der Waals surface area contributed by atoms with Gasteiger partial charge in [-0.25, -0.2) is 4.79 Å². The second-order valence-corrected chi connectivity index (χ2v) is 10.8. The molecule has 1 aromatic carbocycles. The summed E-state index contributed by atoms with van der Waals surface area (Å²) < 4.78 is 19.8. The minimum absolute atomic E-state index is 0.195. The molecular formula is C23H31BrN4O4. The number of carbonyl (C=O) groups is 1. The van der Waals surface area contributed by atoms with Crippen molar-refractivity contribution in [3.63, 3.8) is 0 Å². The highest BCUT2D eigenvalue weighted by Gasteiger charge is 2.32. The SMILES string of the molecule is CC(C)(C)OC(=O)N1CCN(C2CCC(n3cc4cc(Br)c5c(c4n3)OCO5)CC2)CC1. The van der Waals surface area contributed by atoms with Gasteiger partial charge in [0.15, 0.2) is 11.5 Å². The van der Waals surface area contributed by atoms with Crippen molar-refractivity contribution in [2.24, 2.45) is 0 Å². The van der Waals surface area contributed by atoms with Crippen molar-refractivity contribution in [2.75, 3.05) is 33.0 Å². The Bertz CT molecular complexity index is 1000. The quantitative estimate of drug-likeness (QED) is 0.594. The molecule has 2 aromatic rings. The maximum absolute atomic E-state index is 12.3. The summed E-state index contributed by atoms with van der Waals surface area (Å²) in [7, 11) is 0. The second-order valence-electron chi connectivity index (χ2n) is 9.94. The van der Waals surface area contributed by atoms with Gasteiger partial charge in [0.2, 0.25) is 6.79 Å². The lowest BCUT2D eigenvalue weighted by atomic mass is 9.90. The summed E-state index contributed by atoms with van der Waals surface area (Å²) in [5, 5.41) is 5.94. The summed E-state index contributed by atoms with van der Waals surface area (Å²) in [6.45, 7) is 9.28. The van der Waals surface area contributed by atoms with Crippen LogP contribution in [0.15, 0.2) is 16.7 Å². The van der Waals surface area contributed by atoms with Crippen molar-refractivity contribution in [3.05, 3.63) is 16.7 Å². The Hall–Kier alpha value is -2.00. The summed E-state index contributed by atoms with van der Waals surface area (Å²) in [6, 6.07) is 3.04. The van der Waals surface area contributed by atoms with Gasteiger partial charge in [-0.05, 0) is 68.5 Å². The van der Waals surface area contributed by atoms with Gasteiger partial charge in [0, 0.05) is 43.8 Å². The van der Waals surface area contributed by atoms with Crippen LogP contribution in [0.5, 0.6) is 11.5 Å². The lowest BCUT2D eigenvalue weighted by molar-refractivity contribution is 0.00722. The van der Waals surface area contributed by atoms with E-state index in [2.05, 4.69) is 37.8 Å². The van der Waals surface area contributed by atoms with E-state index in [1.54, 1.807) is 0 Å². The first-order valence-corrected chi connectivity index (χ1v) is 12.3.